The first-order chi connectivity index (χ1) is 6.18. The Hall–Kier alpha value is -1.38. The zero-order chi connectivity index (χ0) is 9.42. The summed E-state index contributed by atoms with van der Waals surface area (Å²) in [5.74, 6) is 1.19. The molecular formula is C10H12N2O. The lowest BCUT2D eigenvalue weighted by molar-refractivity contribution is 0.596. The van der Waals surface area contributed by atoms with Crippen LogP contribution in [-0.4, -0.2) is 9.97 Å². The zero-order valence-corrected chi connectivity index (χ0v) is 8.03. The molecule has 0 unspecified atom stereocenters. The molecule has 2 aromatic heterocycles. The number of rotatable bonds is 1. The number of nitrogens with zero attached hydrogens (tertiary/aromatic N) is 2. The standard InChI is InChI=1S/C10H12N2O/c1-6(2)9-11-7(3)8-4-5-13-10(8)12-9/h4-6H,1-3H3. The lowest BCUT2D eigenvalue weighted by Crippen LogP contribution is -1.98. The molecule has 13 heavy (non-hydrogen) atoms. The van der Waals surface area contributed by atoms with Crippen LogP contribution >= 0.6 is 0 Å². The maximum atomic E-state index is 5.24. The highest BCUT2D eigenvalue weighted by Gasteiger charge is 2.08. The summed E-state index contributed by atoms with van der Waals surface area (Å²) in [6.07, 6.45) is 1.65. The van der Waals surface area contributed by atoms with Gasteiger partial charge in [-0.3, -0.25) is 0 Å². The maximum Gasteiger partial charge on any atom is 0.229 e. The van der Waals surface area contributed by atoms with Crippen LogP contribution in [0.15, 0.2) is 16.7 Å². The first-order valence-electron chi connectivity index (χ1n) is 4.40. The van der Waals surface area contributed by atoms with E-state index < -0.39 is 0 Å². The van der Waals surface area contributed by atoms with Crippen LogP contribution in [0.2, 0.25) is 0 Å². The summed E-state index contributed by atoms with van der Waals surface area (Å²) in [4.78, 5) is 8.72. The minimum atomic E-state index is 0.341. The van der Waals surface area contributed by atoms with Crippen molar-refractivity contribution in [2.75, 3.05) is 0 Å². The molecule has 0 saturated heterocycles. The van der Waals surface area contributed by atoms with Crippen LogP contribution in [0, 0.1) is 6.92 Å². The Labute approximate surface area is 76.8 Å². The van der Waals surface area contributed by atoms with Gasteiger partial charge in [-0.2, -0.15) is 4.98 Å². The topological polar surface area (TPSA) is 38.9 Å². The van der Waals surface area contributed by atoms with Crippen LogP contribution in [0.5, 0.6) is 0 Å². The van der Waals surface area contributed by atoms with Gasteiger partial charge in [0.2, 0.25) is 5.71 Å². The van der Waals surface area contributed by atoms with E-state index >= 15 is 0 Å². The van der Waals surface area contributed by atoms with Gasteiger partial charge < -0.3 is 4.42 Å². The third kappa shape index (κ3) is 1.30. The Morgan fingerprint density at radius 3 is 2.77 bits per heavy atom. The SMILES string of the molecule is Cc1nc(C(C)C)nc2occc12. The Morgan fingerprint density at radius 2 is 2.08 bits per heavy atom. The van der Waals surface area contributed by atoms with Crippen molar-refractivity contribution in [1.29, 1.82) is 0 Å². The molecule has 2 heterocycles. The van der Waals surface area contributed by atoms with Gasteiger partial charge in [0, 0.05) is 5.92 Å². The molecule has 0 fully saturated rings. The van der Waals surface area contributed by atoms with Gasteiger partial charge in [-0.25, -0.2) is 4.98 Å². The van der Waals surface area contributed by atoms with E-state index in [1.54, 1.807) is 6.26 Å². The monoisotopic (exact) mass is 176 g/mol. The van der Waals surface area contributed by atoms with Crippen molar-refractivity contribution in [3.8, 4) is 0 Å². The molecule has 0 aliphatic heterocycles. The first-order valence-corrected chi connectivity index (χ1v) is 4.40. The molecule has 0 bridgehead atoms. The zero-order valence-electron chi connectivity index (χ0n) is 8.03. The van der Waals surface area contributed by atoms with E-state index in [-0.39, 0.29) is 0 Å². The molecule has 0 spiro atoms. The van der Waals surface area contributed by atoms with Crippen molar-refractivity contribution in [3.63, 3.8) is 0 Å². The maximum absolute atomic E-state index is 5.24. The minimum absolute atomic E-state index is 0.341. The van der Waals surface area contributed by atoms with Gasteiger partial charge in [-0.05, 0) is 13.0 Å². The molecule has 3 nitrogen and oxygen atoms in total. The lowest BCUT2D eigenvalue weighted by atomic mass is 10.2. The molecule has 0 atom stereocenters. The van der Waals surface area contributed by atoms with Crippen LogP contribution in [0.4, 0.5) is 0 Å². The van der Waals surface area contributed by atoms with E-state index in [0.717, 1.165) is 16.9 Å². The quantitative estimate of drug-likeness (QED) is 0.670. The molecule has 0 aromatic carbocycles. The number of hydrogen-bond donors (Lipinski definition) is 0. The first kappa shape index (κ1) is 8.23. The molecule has 3 heteroatoms. The minimum Gasteiger partial charge on any atom is -0.446 e. The molecule has 2 rings (SSSR count). The summed E-state index contributed by atoms with van der Waals surface area (Å²) in [6.45, 7) is 6.12. The lowest BCUT2D eigenvalue weighted by Gasteiger charge is -2.03. The summed E-state index contributed by atoms with van der Waals surface area (Å²) < 4.78 is 5.24. The number of fused-ring (bicyclic) bond motifs is 1. The third-order valence-corrected chi connectivity index (χ3v) is 2.05. The molecule has 0 N–H and O–H groups in total. The largest absolute Gasteiger partial charge is 0.446 e. The Bertz CT molecular complexity index is 431. The van der Waals surface area contributed by atoms with E-state index in [1.807, 2.05) is 13.0 Å². The summed E-state index contributed by atoms with van der Waals surface area (Å²) in [5.41, 5.74) is 1.68. The molecule has 0 amide bonds. The molecule has 0 aliphatic carbocycles. The van der Waals surface area contributed by atoms with E-state index in [1.165, 1.54) is 0 Å². The van der Waals surface area contributed by atoms with E-state index in [4.69, 9.17) is 4.42 Å². The van der Waals surface area contributed by atoms with Gasteiger partial charge >= 0.3 is 0 Å². The van der Waals surface area contributed by atoms with Gasteiger partial charge in [0.1, 0.15) is 5.82 Å². The number of furan rings is 1. The summed E-state index contributed by atoms with van der Waals surface area (Å²) in [7, 11) is 0. The Balaban J connectivity index is 2.70. The predicted octanol–water partition coefficient (Wildman–Crippen LogP) is 2.65. The van der Waals surface area contributed by atoms with Crippen LogP contribution in [-0.2, 0) is 0 Å². The van der Waals surface area contributed by atoms with Crippen molar-refractivity contribution < 1.29 is 4.42 Å². The smallest absolute Gasteiger partial charge is 0.229 e. The van der Waals surface area contributed by atoms with E-state index in [9.17, 15) is 0 Å². The van der Waals surface area contributed by atoms with Crippen molar-refractivity contribution >= 4 is 11.1 Å². The van der Waals surface area contributed by atoms with Crippen molar-refractivity contribution in [1.82, 2.24) is 9.97 Å². The van der Waals surface area contributed by atoms with Gasteiger partial charge in [0.25, 0.3) is 0 Å². The summed E-state index contributed by atoms with van der Waals surface area (Å²) >= 11 is 0. The van der Waals surface area contributed by atoms with Gasteiger partial charge in [0.15, 0.2) is 0 Å². The predicted molar refractivity (Wildman–Crippen MR) is 50.6 cm³/mol. The van der Waals surface area contributed by atoms with Crippen LogP contribution < -0.4 is 0 Å². The van der Waals surface area contributed by atoms with E-state index in [2.05, 4.69) is 23.8 Å². The Morgan fingerprint density at radius 1 is 1.31 bits per heavy atom. The third-order valence-electron chi connectivity index (χ3n) is 2.05. The summed E-state index contributed by atoms with van der Waals surface area (Å²) in [6, 6.07) is 1.90. The summed E-state index contributed by atoms with van der Waals surface area (Å²) in [5, 5.41) is 1.00. The highest BCUT2D eigenvalue weighted by molar-refractivity contribution is 5.75. The Kier molecular flexibility index (Phi) is 1.79. The number of aryl methyl sites for hydroxylation is 1. The fraction of sp³-hybridized carbons (Fsp3) is 0.400. The molecular weight excluding hydrogens is 164 g/mol. The highest BCUT2D eigenvalue weighted by atomic mass is 16.3. The number of hydrogen-bond acceptors (Lipinski definition) is 3. The van der Waals surface area contributed by atoms with Crippen LogP contribution in [0.1, 0.15) is 31.3 Å². The second-order valence-electron chi connectivity index (χ2n) is 3.46. The van der Waals surface area contributed by atoms with Gasteiger partial charge in [0.05, 0.1) is 17.3 Å². The van der Waals surface area contributed by atoms with Gasteiger partial charge in [-0.1, -0.05) is 13.8 Å². The average molecular weight is 176 g/mol. The van der Waals surface area contributed by atoms with E-state index in [0.29, 0.717) is 11.6 Å². The van der Waals surface area contributed by atoms with Crippen LogP contribution in [0.25, 0.3) is 11.1 Å². The molecule has 0 aliphatic rings. The normalized spacial score (nSPS) is 11.4. The molecule has 0 radical (unpaired) electrons. The second-order valence-corrected chi connectivity index (χ2v) is 3.46. The second kappa shape index (κ2) is 2.83. The fourth-order valence-electron chi connectivity index (χ4n) is 1.28. The van der Waals surface area contributed by atoms with Crippen molar-refractivity contribution in [2.24, 2.45) is 0 Å². The van der Waals surface area contributed by atoms with Crippen molar-refractivity contribution in [3.05, 3.63) is 23.8 Å². The molecule has 68 valence electrons. The van der Waals surface area contributed by atoms with Gasteiger partial charge in [-0.15, -0.1) is 0 Å². The number of aromatic nitrogens is 2. The fourth-order valence-corrected chi connectivity index (χ4v) is 1.28. The highest BCUT2D eigenvalue weighted by Crippen LogP contribution is 2.19. The average Bonchev–Trinajstić information content (AvgIpc) is 2.51. The van der Waals surface area contributed by atoms with Crippen molar-refractivity contribution in [2.45, 2.75) is 26.7 Å². The molecule has 2 aromatic rings. The van der Waals surface area contributed by atoms with Crippen LogP contribution in [0.3, 0.4) is 0 Å². The molecule has 0 saturated carbocycles.